The fraction of sp³-hybridized carbons (Fsp3) is 0.688. The van der Waals surface area contributed by atoms with E-state index in [2.05, 4.69) is 36.0 Å². The number of rotatable bonds is 10. The second kappa shape index (κ2) is 9.72. The summed E-state index contributed by atoms with van der Waals surface area (Å²) in [6.07, 6.45) is 0.909. The summed E-state index contributed by atoms with van der Waals surface area (Å²) < 4.78 is 5.80. The summed E-state index contributed by atoms with van der Waals surface area (Å²) in [6, 6.07) is 4.03. The smallest absolute Gasteiger partial charge is 0.140 e. The summed E-state index contributed by atoms with van der Waals surface area (Å²) in [7, 11) is 0. The van der Waals surface area contributed by atoms with Gasteiger partial charge in [-0.1, -0.05) is 20.8 Å². The van der Waals surface area contributed by atoms with Crippen molar-refractivity contribution in [1.82, 2.24) is 15.2 Å². The summed E-state index contributed by atoms with van der Waals surface area (Å²) in [5, 5.41) is 3.42. The van der Waals surface area contributed by atoms with Crippen molar-refractivity contribution in [1.29, 1.82) is 0 Å². The summed E-state index contributed by atoms with van der Waals surface area (Å²) >= 11 is 0. The molecule has 1 aromatic heterocycles. The van der Waals surface area contributed by atoms with Crippen LogP contribution < -0.4 is 10.1 Å². The molecule has 1 heterocycles. The number of ether oxygens (including phenoxy) is 1. The molecule has 0 radical (unpaired) electrons. The Morgan fingerprint density at radius 1 is 1.15 bits per heavy atom. The third kappa shape index (κ3) is 5.88. The molecule has 4 heteroatoms. The summed E-state index contributed by atoms with van der Waals surface area (Å²) in [5.74, 6) is 0.920. The number of nitrogens with one attached hydrogen (secondary N) is 1. The standard InChI is InChI=1S/C16H29N3O/c1-5-15-16(9-8-14(4)18-15)20-13-11-17-10-12-19(6-2)7-3/h8-9,17H,5-7,10-13H2,1-4H3. The Morgan fingerprint density at radius 2 is 1.90 bits per heavy atom. The molecule has 0 amide bonds. The van der Waals surface area contributed by atoms with E-state index in [9.17, 15) is 0 Å². The molecule has 0 spiro atoms. The van der Waals surface area contributed by atoms with Crippen molar-refractivity contribution in [3.8, 4) is 5.75 Å². The lowest BCUT2D eigenvalue weighted by atomic mass is 10.2. The molecule has 0 aliphatic carbocycles. The molecule has 0 saturated carbocycles. The van der Waals surface area contributed by atoms with Crippen LogP contribution in [0.15, 0.2) is 12.1 Å². The quantitative estimate of drug-likeness (QED) is 0.667. The third-order valence-electron chi connectivity index (χ3n) is 3.44. The maximum atomic E-state index is 5.80. The zero-order chi connectivity index (χ0) is 14.8. The number of nitrogens with zero attached hydrogens (tertiary/aromatic N) is 2. The van der Waals surface area contributed by atoms with Gasteiger partial charge in [-0.3, -0.25) is 4.98 Å². The minimum absolute atomic E-state index is 0.690. The van der Waals surface area contributed by atoms with Crippen LogP contribution in [0.2, 0.25) is 0 Å². The minimum Gasteiger partial charge on any atom is -0.490 e. The second-order valence-corrected chi connectivity index (χ2v) is 4.88. The van der Waals surface area contributed by atoms with Gasteiger partial charge in [-0.25, -0.2) is 0 Å². The molecule has 0 aliphatic heterocycles. The van der Waals surface area contributed by atoms with E-state index >= 15 is 0 Å². The van der Waals surface area contributed by atoms with E-state index in [1.807, 2.05) is 19.1 Å². The van der Waals surface area contributed by atoms with Crippen molar-refractivity contribution >= 4 is 0 Å². The number of aryl methyl sites for hydroxylation is 2. The van der Waals surface area contributed by atoms with Crippen LogP contribution in [-0.2, 0) is 6.42 Å². The Kier molecular flexibility index (Phi) is 8.23. The molecule has 114 valence electrons. The van der Waals surface area contributed by atoms with Crippen LogP contribution in [0.3, 0.4) is 0 Å². The van der Waals surface area contributed by atoms with E-state index in [4.69, 9.17) is 4.74 Å². The number of hydrogen-bond donors (Lipinski definition) is 1. The zero-order valence-electron chi connectivity index (χ0n) is 13.4. The minimum atomic E-state index is 0.690. The molecule has 1 N–H and O–H groups in total. The van der Waals surface area contributed by atoms with Gasteiger partial charge in [0.05, 0.1) is 5.69 Å². The highest BCUT2D eigenvalue weighted by atomic mass is 16.5. The van der Waals surface area contributed by atoms with Crippen molar-refractivity contribution < 1.29 is 4.74 Å². The van der Waals surface area contributed by atoms with Crippen LogP contribution in [0.5, 0.6) is 5.75 Å². The monoisotopic (exact) mass is 279 g/mol. The van der Waals surface area contributed by atoms with Gasteiger partial charge in [-0.05, 0) is 38.6 Å². The van der Waals surface area contributed by atoms with Crippen LogP contribution in [0.4, 0.5) is 0 Å². The third-order valence-corrected chi connectivity index (χ3v) is 3.44. The van der Waals surface area contributed by atoms with Gasteiger partial charge in [0.15, 0.2) is 0 Å². The lowest BCUT2D eigenvalue weighted by molar-refractivity contribution is 0.284. The fourth-order valence-corrected chi connectivity index (χ4v) is 2.12. The maximum Gasteiger partial charge on any atom is 0.140 e. The first-order chi connectivity index (χ1) is 9.71. The van der Waals surface area contributed by atoms with Gasteiger partial charge in [0.2, 0.25) is 0 Å². The van der Waals surface area contributed by atoms with Crippen molar-refractivity contribution in [3.63, 3.8) is 0 Å². The van der Waals surface area contributed by atoms with Gasteiger partial charge in [0, 0.05) is 25.3 Å². The first-order valence-corrected chi connectivity index (χ1v) is 7.73. The first-order valence-electron chi connectivity index (χ1n) is 7.73. The highest BCUT2D eigenvalue weighted by molar-refractivity contribution is 5.29. The van der Waals surface area contributed by atoms with E-state index in [-0.39, 0.29) is 0 Å². The van der Waals surface area contributed by atoms with Gasteiger partial charge in [-0.2, -0.15) is 0 Å². The van der Waals surface area contributed by atoms with Gasteiger partial charge in [0.1, 0.15) is 12.4 Å². The molecule has 0 aliphatic rings. The molecule has 1 aromatic rings. The molecule has 0 saturated heterocycles. The maximum absolute atomic E-state index is 5.80. The largest absolute Gasteiger partial charge is 0.490 e. The molecule has 0 unspecified atom stereocenters. The van der Waals surface area contributed by atoms with Crippen LogP contribution in [0.25, 0.3) is 0 Å². The molecule has 0 atom stereocenters. The van der Waals surface area contributed by atoms with Crippen LogP contribution in [0.1, 0.15) is 32.2 Å². The zero-order valence-corrected chi connectivity index (χ0v) is 13.4. The predicted octanol–water partition coefficient (Wildman–Crippen LogP) is 2.26. The molecule has 0 fully saturated rings. The van der Waals surface area contributed by atoms with Crippen LogP contribution in [-0.4, -0.2) is 49.2 Å². The Hall–Kier alpha value is -1.13. The van der Waals surface area contributed by atoms with Gasteiger partial charge in [0.25, 0.3) is 0 Å². The van der Waals surface area contributed by atoms with E-state index < -0.39 is 0 Å². The average molecular weight is 279 g/mol. The Balaban J connectivity index is 2.21. The van der Waals surface area contributed by atoms with Crippen molar-refractivity contribution in [2.45, 2.75) is 34.1 Å². The molecule has 1 rings (SSSR count). The molecular weight excluding hydrogens is 250 g/mol. The number of aromatic nitrogens is 1. The van der Waals surface area contributed by atoms with E-state index in [0.717, 1.165) is 56.3 Å². The van der Waals surface area contributed by atoms with Gasteiger partial charge in [-0.15, -0.1) is 0 Å². The molecule has 4 nitrogen and oxygen atoms in total. The van der Waals surface area contributed by atoms with Gasteiger partial charge >= 0.3 is 0 Å². The topological polar surface area (TPSA) is 37.4 Å². The average Bonchev–Trinajstić information content (AvgIpc) is 2.47. The summed E-state index contributed by atoms with van der Waals surface area (Å²) in [5.41, 5.74) is 2.10. The molecule has 20 heavy (non-hydrogen) atoms. The Morgan fingerprint density at radius 3 is 2.55 bits per heavy atom. The molecule has 0 aromatic carbocycles. The Bertz CT molecular complexity index is 378. The summed E-state index contributed by atoms with van der Waals surface area (Å²) in [6.45, 7) is 14.4. The van der Waals surface area contributed by atoms with Crippen LogP contribution >= 0.6 is 0 Å². The van der Waals surface area contributed by atoms with Crippen LogP contribution in [0, 0.1) is 6.92 Å². The number of hydrogen-bond acceptors (Lipinski definition) is 4. The van der Waals surface area contributed by atoms with Crippen molar-refractivity contribution in [2.75, 3.05) is 39.3 Å². The van der Waals surface area contributed by atoms with E-state index in [1.54, 1.807) is 0 Å². The lowest BCUT2D eigenvalue weighted by Crippen LogP contribution is -2.33. The number of pyridine rings is 1. The number of likely N-dealkylation sites (N-methyl/N-ethyl adjacent to an activating group) is 1. The van der Waals surface area contributed by atoms with Crippen molar-refractivity contribution in [2.24, 2.45) is 0 Å². The lowest BCUT2D eigenvalue weighted by Gasteiger charge is -2.18. The normalized spacial score (nSPS) is 11.1. The molecular formula is C16H29N3O. The van der Waals surface area contributed by atoms with E-state index in [1.165, 1.54) is 0 Å². The highest BCUT2D eigenvalue weighted by Crippen LogP contribution is 2.16. The molecule has 0 bridgehead atoms. The highest BCUT2D eigenvalue weighted by Gasteiger charge is 2.03. The first kappa shape index (κ1) is 16.9. The predicted molar refractivity (Wildman–Crippen MR) is 84.5 cm³/mol. The fourth-order valence-electron chi connectivity index (χ4n) is 2.12. The SMILES string of the molecule is CCc1nc(C)ccc1OCCNCCN(CC)CC. The Labute approximate surface area is 123 Å². The summed E-state index contributed by atoms with van der Waals surface area (Å²) in [4.78, 5) is 6.91. The van der Waals surface area contributed by atoms with E-state index in [0.29, 0.717) is 6.61 Å². The second-order valence-electron chi connectivity index (χ2n) is 4.88. The van der Waals surface area contributed by atoms with Gasteiger partial charge < -0.3 is 15.0 Å². The van der Waals surface area contributed by atoms with Crippen molar-refractivity contribution in [3.05, 3.63) is 23.5 Å².